The highest BCUT2D eigenvalue weighted by Gasteiger charge is 2.28. The van der Waals surface area contributed by atoms with Gasteiger partial charge in [0, 0.05) is 37.8 Å². The molecule has 6 nitrogen and oxygen atoms in total. The lowest BCUT2D eigenvalue weighted by Gasteiger charge is -2.33. The Labute approximate surface area is 119 Å². The third kappa shape index (κ3) is 3.43. The second-order valence-corrected chi connectivity index (χ2v) is 6.36. The molecule has 1 aliphatic heterocycles. The van der Waals surface area contributed by atoms with Crippen LogP contribution in [-0.4, -0.2) is 39.5 Å². The summed E-state index contributed by atoms with van der Waals surface area (Å²) >= 11 is 0. The van der Waals surface area contributed by atoms with Gasteiger partial charge in [-0.3, -0.25) is 4.68 Å². The Hall–Kier alpha value is -1.72. The van der Waals surface area contributed by atoms with Crippen molar-refractivity contribution < 1.29 is 9.53 Å². The predicted molar refractivity (Wildman–Crippen MR) is 77.4 cm³/mol. The van der Waals surface area contributed by atoms with Crippen LogP contribution < -0.4 is 5.73 Å². The van der Waals surface area contributed by atoms with Crippen LogP contribution in [0.15, 0.2) is 6.07 Å². The molecule has 0 aromatic carbocycles. The second kappa shape index (κ2) is 5.34. The predicted octanol–water partition coefficient (Wildman–Crippen LogP) is 2.12. The Morgan fingerprint density at radius 2 is 2.00 bits per heavy atom. The molecular weight excluding hydrogens is 256 g/mol. The van der Waals surface area contributed by atoms with Gasteiger partial charge in [-0.15, -0.1) is 0 Å². The lowest BCUT2D eigenvalue weighted by Crippen LogP contribution is -2.41. The molecule has 1 aliphatic rings. The van der Waals surface area contributed by atoms with Gasteiger partial charge in [0.2, 0.25) is 0 Å². The lowest BCUT2D eigenvalue weighted by molar-refractivity contribution is 0.0203. The fraction of sp³-hybridized carbons (Fsp3) is 0.714. The summed E-state index contributed by atoms with van der Waals surface area (Å²) < 4.78 is 7.23. The fourth-order valence-electron chi connectivity index (χ4n) is 2.57. The number of aromatic nitrogens is 2. The third-order valence-electron chi connectivity index (χ3n) is 3.50. The third-order valence-corrected chi connectivity index (χ3v) is 3.50. The van der Waals surface area contributed by atoms with Gasteiger partial charge in [-0.2, -0.15) is 5.10 Å². The van der Waals surface area contributed by atoms with Crippen LogP contribution in [0.3, 0.4) is 0 Å². The van der Waals surface area contributed by atoms with E-state index in [-0.39, 0.29) is 6.09 Å². The van der Waals surface area contributed by atoms with Crippen LogP contribution in [0.5, 0.6) is 0 Å². The number of hydrogen-bond donors (Lipinski definition) is 1. The molecule has 20 heavy (non-hydrogen) atoms. The van der Waals surface area contributed by atoms with E-state index in [1.807, 2.05) is 38.6 Å². The number of hydrogen-bond acceptors (Lipinski definition) is 4. The summed E-state index contributed by atoms with van der Waals surface area (Å²) in [5, 5.41) is 4.18. The number of anilines is 1. The van der Waals surface area contributed by atoms with Crippen molar-refractivity contribution in [2.45, 2.75) is 45.1 Å². The summed E-state index contributed by atoms with van der Waals surface area (Å²) in [5.74, 6) is 0.959. The van der Waals surface area contributed by atoms with E-state index in [1.165, 1.54) is 0 Å². The van der Waals surface area contributed by atoms with Gasteiger partial charge in [-0.05, 0) is 33.6 Å². The lowest BCUT2D eigenvalue weighted by atomic mass is 9.93. The monoisotopic (exact) mass is 280 g/mol. The molecule has 0 aliphatic carbocycles. The van der Waals surface area contributed by atoms with E-state index in [1.54, 1.807) is 4.90 Å². The molecule has 2 rings (SSSR count). The summed E-state index contributed by atoms with van der Waals surface area (Å²) in [6.45, 7) is 7.08. The molecule has 1 amide bonds. The van der Waals surface area contributed by atoms with Crippen molar-refractivity contribution in [1.82, 2.24) is 14.7 Å². The summed E-state index contributed by atoms with van der Waals surface area (Å²) in [6, 6.07) is 1.92. The van der Waals surface area contributed by atoms with Gasteiger partial charge in [0.05, 0.1) is 0 Å². The SMILES string of the molecule is Cn1nc(N)cc1C1CCN(C(=O)OC(C)(C)C)CC1. The highest BCUT2D eigenvalue weighted by Crippen LogP contribution is 2.29. The maximum Gasteiger partial charge on any atom is 0.410 e. The first-order valence-corrected chi connectivity index (χ1v) is 7.03. The quantitative estimate of drug-likeness (QED) is 0.855. The molecule has 0 radical (unpaired) electrons. The number of nitrogens with two attached hydrogens (primary N) is 1. The Morgan fingerprint density at radius 1 is 1.40 bits per heavy atom. The Kier molecular flexibility index (Phi) is 3.92. The average Bonchev–Trinajstić information content (AvgIpc) is 2.66. The first-order valence-electron chi connectivity index (χ1n) is 7.03. The zero-order valence-electron chi connectivity index (χ0n) is 12.7. The Balaban J connectivity index is 1.92. The highest BCUT2D eigenvalue weighted by molar-refractivity contribution is 5.68. The molecule has 1 saturated heterocycles. The van der Waals surface area contributed by atoms with Crippen LogP contribution in [0.1, 0.15) is 45.2 Å². The number of piperidine rings is 1. The molecule has 0 bridgehead atoms. The van der Waals surface area contributed by atoms with Crippen molar-refractivity contribution in [1.29, 1.82) is 0 Å². The number of aryl methyl sites for hydroxylation is 1. The molecule has 1 aromatic rings. The van der Waals surface area contributed by atoms with E-state index in [9.17, 15) is 4.79 Å². The van der Waals surface area contributed by atoms with E-state index in [2.05, 4.69) is 5.10 Å². The average molecular weight is 280 g/mol. The van der Waals surface area contributed by atoms with E-state index < -0.39 is 5.60 Å². The number of nitrogen functional groups attached to an aromatic ring is 1. The van der Waals surface area contributed by atoms with Crippen molar-refractivity contribution in [3.8, 4) is 0 Å². The summed E-state index contributed by atoms with van der Waals surface area (Å²) in [4.78, 5) is 13.8. The van der Waals surface area contributed by atoms with Gasteiger partial charge in [0.15, 0.2) is 0 Å². The first kappa shape index (κ1) is 14.7. The van der Waals surface area contributed by atoms with Crippen LogP contribution in [-0.2, 0) is 11.8 Å². The zero-order valence-corrected chi connectivity index (χ0v) is 12.7. The molecule has 1 fully saturated rings. The molecular formula is C14H24N4O2. The van der Waals surface area contributed by atoms with Gasteiger partial charge in [-0.1, -0.05) is 0 Å². The molecule has 0 saturated carbocycles. The van der Waals surface area contributed by atoms with Crippen LogP contribution >= 0.6 is 0 Å². The van der Waals surface area contributed by atoms with E-state index in [0.29, 0.717) is 24.8 Å². The minimum atomic E-state index is -0.440. The van der Waals surface area contributed by atoms with Crippen LogP contribution in [0.25, 0.3) is 0 Å². The number of likely N-dealkylation sites (tertiary alicyclic amines) is 1. The standard InChI is InChI=1S/C14H24N4O2/c1-14(2,3)20-13(19)18-7-5-10(6-8-18)11-9-12(15)16-17(11)4/h9-10H,5-8H2,1-4H3,(H2,15,16). The van der Waals surface area contributed by atoms with Crippen molar-refractivity contribution in [2.75, 3.05) is 18.8 Å². The maximum atomic E-state index is 12.0. The minimum Gasteiger partial charge on any atom is -0.444 e. The Morgan fingerprint density at radius 3 is 2.45 bits per heavy atom. The molecule has 0 spiro atoms. The summed E-state index contributed by atoms with van der Waals surface area (Å²) in [6.07, 6.45) is 1.61. The van der Waals surface area contributed by atoms with Gasteiger partial charge >= 0.3 is 6.09 Å². The number of nitrogens with zero attached hydrogens (tertiary/aromatic N) is 3. The van der Waals surface area contributed by atoms with Crippen molar-refractivity contribution in [2.24, 2.45) is 7.05 Å². The highest BCUT2D eigenvalue weighted by atomic mass is 16.6. The molecule has 0 unspecified atom stereocenters. The smallest absolute Gasteiger partial charge is 0.410 e. The van der Waals surface area contributed by atoms with Gasteiger partial charge in [0.1, 0.15) is 11.4 Å². The van der Waals surface area contributed by atoms with Crippen LogP contribution in [0.2, 0.25) is 0 Å². The van der Waals surface area contributed by atoms with Crippen molar-refractivity contribution >= 4 is 11.9 Å². The molecule has 112 valence electrons. The Bertz CT molecular complexity index is 482. The summed E-state index contributed by atoms with van der Waals surface area (Å²) in [5.41, 5.74) is 6.42. The topological polar surface area (TPSA) is 73.4 Å². The maximum absolute atomic E-state index is 12.0. The fourth-order valence-corrected chi connectivity index (χ4v) is 2.57. The van der Waals surface area contributed by atoms with E-state index in [4.69, 9.17) is 10.5 Å². The van der Waals surface area contributed by atoms with E-state index in [0.717, 1.165) is 18.5 Å². The largest absolute Gasteiger partial charge is 0.444 e. The molecule has 6 heteroatoms. The van der Waals surface area contributed by atoms with Crippen LogP contribution in [0.4, 0.5) is 10.6 Å². The first-order chi connectivity index (χ1) is 9.26. The number of carbonyl (C=O) groups is 1. The second-order valence-electron chi connectivity index (χ2n) is 6.36. The van der Waals surface area contributed by atoms with Gasteiger partial charge < -0.3 is 15.4 Å². The molecule has 0 atom stereocenters. The summed E-state index contributed by atoms with van der Waals surface area (Å²) in [7, 11) is 1.91. The number of carbonyl (C=O) groups excluding carboxylic acids is 1. The van der Waals surface area contributed by atoms with Gasteiger partial charge in [0.25, 0.3) is 0 Å². The minimum absolute atomic E-state index is 0.222. The number of ether oxygens (including phenoxy) is 1. The normalized spacial score (nSPS) is 17.3. The molecule has 2 N–H and O–H groups in total. The molecule has 2 heterocycles. The van der Waals surface area contributed by atoms with Crippen molar-refractivity contribution in [3.05, 3.63) is 11.8 Å². The number of rotatable bonds is 1. The van der Waals surface area contributed by atoms with Crippen molar-refractivity contribution in [3.63, 3.8) is 0 Å². The van der Waals surface area contributed by atoms with Crippen LogP contribution in [0, 0.1) is 0 Å². The number of amides is 1. The van der Waals surface area contributed by atoms with Gasteiger partial charge in [-0.25, -0.2) is 4.79 Å². The van der Waals surface area contributed by atoms with E-state index >= 15 is 0 Å². The zero-order chi connectivity index (χ0) is 14.9. The molecule has 1 aromatic heterocycles.